The molecule has 0 spiro atoms. The lowest BCUT2D eigenvalue weighted by molar-refractivity contribution is 0.0944. The number of carbonyl (C=O) groups is 1. The summed E-state index contributed by atoms with van der Waals surface area (Å²) in [5, 5.41) is 15.1. The zero-order valence-corrected chi connectivity index (χ0v) is 17.4. The van der Waals surface area contributed by atoms with Crippen LogP contribution < -0.4 is 15.5 Å². The average Bonchev–Trinajstić information content (AvgIpc) is 2.72. The first-order valence-corrected chi connectivity index (χ1v) is 10.1. The van der Waals surface area contributed by atoms with Crippen LogP contribution >= 0.6 is 0 Å². The number of aryl methyl sites for hydroxylation is 1. The van der Waals surface area contributed by atoms with Crippen LogP contribution in [0.2, 0.25) is 0 Å². The third-order valence-electron chi connectivity index (χ3n) is 5.78. The molecular weight excluding hydrogens is 371 g/mol. The topological polar surface area (TPSA) is 77.5 Å². The highest BCUT2D eigenvalue weighted by molar-refractivity contribution is 5.95. The molecule has 0 fully saturated rings. The number of hydrogen-bond acceptors (Lipinski definition) is 5. The van der Waals surface area contributed by atoms with Crippen LogP contribution in [0, 0.1) is 18.7 Å². The van der Waals surface area contributed by atoms with Gasteiger partial charge in [-0.25, -0.2) is 9.37 Å². The second-order valence-electron chi connectivity index (χ2n) is 7.52. The molecule has 0 bridgehead atoms. The number of fused-ring (bicyclic) bond motifs is 1. The number of aromatic nitrogens is 1. The van der Waals surface area contributed by atoms with Crippen LogP contribution in [0.15, 0.2) is 30.3 Å². The van der Waals surface area contributed by atoms with Crippen molar-refractivity contribution in [2.45, 2.75) is 39.8 Å². The van der Waals surface area contributed by atoms with Crippen molar-refractivity contribution in [3.63, 3.8) is 0 Å². The predicted molar refractivity (Wildman–Crippen MR) is 113 cm³/mol. The van der Waals surface area contributed by atoms with Crippen LogP contribution in [0.1, 0.15) is 48.4 Å². The summed E-state index contributed by atoms with van der Waals surface area (Å²) in [4.78, 5) is 19.1. The van der Waals surface area contributed by atoms with E-state index in [1.165, 1.54) is 6.07 Å². The fraction of sp³-hybridized carbons (Fsp3) is 0.455. The van der Waals surface area contributed by atoms with E-state index < -0.39 is 0 Å². The van der Waals surface area contributed by atoms with E-state index in [1.54, 1.807) is 13.0 Å². The molecule has 1 aromatic heterocycles. The van der Waals surface area contributed by atoms with Crippen molar-refractivity contribution in [1.82, 2.24) is 10.3 Å². The predicted octanol–water partition coefficient (Wildman–Crippen LogP) is 3.27. The summed E-state index contributed by atoms with van der Waals surface area (Å²) in [7, 11) is 0. The number of aliphatic hydroxyl groups excluding tert-OH is 1. The van der Waals surface area contributed by atoms with E-state index in [4.69, 9.17) is 5.11 Å². The summed E-state index contributed by atoms with van der Waals surface area (Å²) in [6, 6.07) is 8.96. The molecular formula is C22H29FN4O2. The number of amides is 1. The number of hydrogen-bond donors (Lipinski definition) is 3. The second kappa shape index (κ2) is 8.78. The van der Waals surface area contributed by atoms with Crippen molar-refractivity contribution in [1.29, 1.82) is 0 Å². The number of nitrogens with zero attached hydrogens (tertiary/aromatic N) is 2. The highest BCUT2D eigenvalue weighted by atomic mass is 19.1. The van der Waals surface area contributed by atoms with Gasteiger partial charge in [0.2, 0.25) is 0 Å². The van der Waals surface area contributed by atoms with Gasteiger partial charge in [0.15, 0.2) is 0 Å². The van der Waals surface area contributed by atoms with Gasteiger partial charge in [-0.3, -0.25) is 4.79 Å². The van der Waals surface area contributed by atoms with Gasteiger partial charge in [0.1, 0.15) is 11.6 Å². The summed E-state index contributed by atoms with van der Waals surface area (Å²) >= 11 is 0. The van der Waals surface area contributed by atoms with Gasteiger partial charge in [-0.15, -0.1) is 0 Å². The third-order valence-corrected chi connectivity index (χ3v) is 5.78. The summed E-state index contributed by atoms with van der Waals surface area (Å²) in [6.07, 6.45) is 0. The first kappa shape index (κ1) is 21.0. The summed E-state index contributed by atoms with van der Waals surface area (Å²) in [6.45, 7) is 9.09. The Morgan fingerprint density at radius 1 is 1.28 bits per heavy atom. The highest BCUT2D eigenvalue weighted by Crippen LogP contribution is 2.42. The quantitative estimate of drug-likeness (QED) is 0.694. The molecule has 3 N–H and O–H groups in total. The van der Waals surface area contributed by atoms with E-state index in [9.17, 15) is 9.18 Å². The smallest absolute Gasteiger partial charge is 0.251 e. The minimum absolute atomic E-state index is 0.0780. The zero-order valence-electron chi connectivity index (χ0n) is 17.4. The molecule has 156 valence electrons. The van der Waals surface area contributed by atoms with E-state index >= 15 is 0 Å². The minimum Gasteiger partial charge on any atom is -0.395 e. The standard InChI is InChI=1S/C22H29FN4O2/c1-5-27-15(4)13(2)21(26-20-9-7-18(23)14(3)25-20)17-12-16(6-8-19(17)27)22(29)24-10-11-28/h6-9,12-13,15,21,28H,5,10-11H2,1-4H3,(H,24,29)(H,25,26)/t13-,15-,21+/m0/s1. The molecule has 2 aromatic rings. The maximum atomic E-state index is 13.6. The molecule has 1 aromatic carbocycles. The van der Waals surface area contributed by atoms with Crippen LogP contribution in [-0.4, -0.2) is 41.7 Å². The Kier molecular flexibility index (Phi) is 6.37. The molecule has 0 saturated heterocycles. The number of carbonyl (C=O) groups excluding carboxylic acids is 1. The molecule has 7 heteroatoms. The van der Waals surface area contributed by atoms with Gasteiger partial charge < -0.3 is 20.6 Å². The Morgan fingerprint density at radius 2 is 2.03 bits per heavy atom. The summed E-state index contributed by atoms with van der Waals surface area (Å²) in [5.41, 5.74) is 2.98. The Bertz CT molecular complexity index is 889. The molecule has 6 nitrogen and oxygen atoms in total. The lowest BCUT2D eigenvalue weighted by atomic mass is 9.82. The third kappa shape index (κ3) is 4.19. The molecule has 1 aliphatic heterocycles. The van der Waals surface area contributed by atoms with E-state index in [-0.39, 0.29) is 42.9 Å². The van der Waals surface area contributed by atoms with Gasteiger partial charge in [0.25, 0.3) is 5.91 Å². The normalized spacial score (nSPS) is 20.9. The van der Waals surface area contributed by atoms with Crippen LogP contribution in [0.4, 0.5) is 15.9 Å². The van der Waals surface area contributed by atoms with Gasteiger partial charge in [-0.05, 0) is 56.7 Å². The van der Waals surface area contributed by atoms with Crippen molar-refractivity contribution in [3.8, 4) is 0 Å². The average molecular weight is 400 g/mol. The van der Waals surface area contributed by atoms with Crippen LogP contribution in [0.5, 0.6) is 0 Å². The summed E-state index contributed by atoms with van der Waals surface area (Å²) in [5.74, 6) is 0.288. The molecule has 3 atom stereocenters. The van der Waals surface area contributed by atoms with Gasteiger partial charge in [0.05, 0.1) is 18.3 Å². The van der Waals surface area contributed by atoms with Crippen molar-refractivity contribution in [2.75, 3.05) is 29.9 Å². The fourth-order valence-electron chi connectivity index (χ4n) is 3.99. The highest BCUT2D eigenvalue weighted by Gasteiger charge is 2.36. The van der Waals surface area contributed by atoms with Crippen molar-refractivity contribution in [2.24, 2.45) is 5.92 Å². The zero-order chi connectivity index (χ0) is 21.1. The molecule has 0 aliphatic carbocycles. The molecule has 0 saturated carbocycles. The van der Waals surface area contributed by atoms with Gasteiger partial charge in [-0.2, -0.15) is 0 Å². The van der Waals surface area contributed by atoms with Gasteiger partial charge in [0, 0.05) is 36.3 Å². The molecule has 0 unspecified atom stereocenters. The van der Waals surface area contributed by atoms with Gasteiger partial charge in [-0.1, -0.05) is 6.92 Å². The van der Waals surface area contributed by atoms with Crippen molar-refractivity contribution >= 4 is 17.4 Å². The summed E-state index contributed by atoms with van der Waals surface area (Å²) < 4.78 is 13.6. The maximum Gasteiger partial charge on any atom is 0.251 e. The Labute approximate surface area is 171 Å². The molecule has 1 aliphatic rings. The number of anilines is 2. The molecule has 0 radical (unpaired) electrons. The number of halogens is 1. The first-order valence-electron chi connectivity index (χ1n) is 10.1. The second-order valence-corrected chi connectivity index (χ2v) is 7.52. The monoisotopic (exact) mass is 400 g/mol. The van der Waals surface area contributed by atoms with E-state index in [1.807, 2.05) is 18.2 Å². The Balaban J connectivity index is 2.01. The van der Waals surface area contributed by atoms with Crippen molar-refractivity contribution in [3.05, 3.63) is 53.0 Å². The van der Waals surface area contributed by atoms with E-state index in [0.717, 1.165) is 17.8 Å². The van der Waals surface area contributed by atoms with Gasteiger partial charge >= 0.3 is 0 Å². The van der Waals surface area contributed by atoms with Crippen LogP contribution in [-0.2, 0) is 0 Å². The molecule has 1 amide bonds. The number of aliphatic hydroxyl groups is 1. The molecule has 29 heavy (non-hydrogen) atoms. The Morgan fingerprint density at radius 3 is 2.69 bits per heavy atom. The lowest BCUT2D eigenvalue weighted by Gasteiger charge is -2.45. The van der Waals surface area contributed by atoms with E-state index in [2.05, 4.69) is 41.3 Å². The number of pyridine rings is 1. The number of rotatable bonds is 6. The minimum atomic E-state index is -0.332. The van der Waals surface area contributed by atoms with Crippen LogP contribution in [0.3, 0.4) is 0 Å². The first-order chi connectivity index (χ1) is 13.9. The Hall–Kier alpha value is -2.67. The SMILES string of the molecule is CCN1c2ccc(C(=O)NCCO)cc2[C@H](Nc2ccc(F)c(C)n2)[C@@H](C)[C@@H]1C. The van der Waals surface area contributed by atoms with Crippen LogP contribution in [0.25, 0.3) is 0 Å². The van der Waals surface area contributed by atoms with Crippen molar-refractivity contribution < 1.29 is 14.3 Å². The number of benzene rings is 1. The fourth-order valence-corrected chi connectivity index (χ4v) is 3.99. The largest absolute Gasteiger partial charge is 0.395 e. The number of nitrogens with one attached hydrogen (secondary N) is 2. The molecule has 2 heterocycles. The lowest BCUT2D eigenvalue weighted by Crippen LogP contribution is -2.46. The van der Waals surface area contributed by atoms with E-state index in [0.29, 0.717) is 17.1 Å². The molecule has 3 rings (SSSR count). The maximum absolute atomic E-state index is 13.6.